The van der Waals surface area contributed by atoms with Gasteiger partial charge in [0.25, 0.3) is 0 Å². The SMILES string of the molecule is COC(=O)c1ccccc1-n1nc(C(F)(F)F)c2c1CCNC2. The molecule has 5 nitrogen and oxygen atoms in total. The van der Waals surface area contributed by atoms with Crippen molar-refractivity contribution in [2.24, 2.45) is 0 Å². The number of para-hydroxylation sites is 1. The van der Waals surface area contributed by atoms with Crippen molar-refractivity contribution in [3.05, 3.63) is 46.8 Å². The lowest BCUT2D eigenvalue weighted by Crippen LogP contribution is -2.26. The first kappa shape index (κ1) is 15.5. The second-order valence-corrected chi connectivity index (χ2v) is 5.12. The molecule has 0 unspecified atom stereocenters. The first-order chi connectivity index (χ1) is 10.9. The highest BCUT2D eigenvalue weighted by Gasteiger charge is 2.40. The minimum atomic E-state index is -4.55. The summed E-state index contributed by atoms with van der Waals surface area (Å²) < 4.78 is 45.6. The average Bonchev–Trinajstić information content (AvgIpc) is 2.94. The Morgan fingerprint density at radius 3 is 2.78 bits per heavy atom. The van der Waals surface area contributed by atoms with Gasteiger partial charge in [-0.05, 0) is 12.1 Å². The fourth-order valence-electron chi connectivity index (χ4n) is 2.72. The molecule has 0 atom stereocenters. The quantitative estimate of drug-likeness (QED) is 0.861. The van der Waals surface area contributed by atoms with Gasteiger partial charge >= 0.3 is 12.1 Å². The molecule has 0 saturated heterocycles. The highest BCUT2D eigenvalue weighted by molar-refractivity contribution is 5.93. The predicted molar refractivity (Wildman–Crippen MR) is 75.3 cm³/mol. The van der Waals surface area contributed by atoms with Crippen molar-refractivity contribution >= 4 is 5.97 Å². The molecule has 0 bridgehead atoms. The molecule has 1 N–H and O–H groups in total. The maximum atomic E-state index is 13.2. The van der Waals surface area contributed by atoms with Crippen LogP contribution in [-0.4, -0.2) is 29.4 Å². The van der Waals surface area contributed by atoms with Crippen molar-refractivity contribution < 1.29 is 22.7 Å². The van der Waals surface area contributed by atoms with Gasteiger partial charge in [0.05, 0.1) is 24.1 Å². The first-order valence-electron chi connectivity index (χ1n) is 7.00. The monoisotopic (exact) mass is 325 g/mol. The number of hydrogen-bond acceptors (Lipinski definition) is 4. The van der Waals surface area contributed by atoms with Gasteiger partial charge in [-0.15, -0.1) is 0 Å². The molecule has 2 aromatic rings. The molecule has 122 valence electrons. The number of esters is 1. The fourth-order valence-corrected chi connectivity index (χ4v) is 2.72. The molecule has 0 saturated carbocycles. The molecule has 1 aliphatic rings. The van der Waals surface area contributed by atoms with Crippen LogP contribution in [0.25, 0.3) is 5.69 Å². The number of halogens is 3. The number of fused-ring (bicyclic) bond motifs is 1. The van der Waals surface area contributed by atoms with Crippen LogP contribution >= 0.6 is 0 Å². The Morgan fingerprint density at radius 2 is 2.09 bits per heavy atom. The highest BCUT2D eigenvalue weighted by Crippen LogP contribution is 2.35. The number of rotatable bonds is 2. The topological polar surface area (TPSA) is 56.2 Å². The van der Waals surface area contributed by atoms with Crippen LogP contribution in [0.3, 0.4) is 0 Å². The van der Waals surface area contributed by atoms with Crippen molar-refractivity contribution in [2.45, 2.75) is 19.1 Å². The summed E-state index contributed by atoms with van der Waals surface area (Å²) in [5.41, 5.74) is 0.135. The predicted octanol–water partition coefficient (Wildman–Crippen LogP) is 2.32. The summed E-state index contributed by atoms with van der Waals surface area (Å²) >= 11 is 0. The van der Waals surface area contributed by atoms with Crippen molar-refractivity contribution in [2.75, 3.05) is 13.7 Å². The maximum absolute atomic E-state index is 13.2. The minimum Gasteiger partial charge on any atom is -0.465 e. The number of methoxy groups -OCH3 is 1. The van der Waals surface area contributed by atoms with Crippen LogP contribution < -0.4 is 5.32 Å². The number of alkyl halides is 3. The molecule has 8 heteroatoms. The number of nitrogens with zero attached hydrogens (tertiary/aromatic N) is 2. The molecule has 0 aliphatic carbocycles. The molecule has 1 aromatic heterocycles. The summed E-state index contributed by atoms with van der Waals surface area (Å²) in [6.45, 7) is 0.654. The van der Waals surface area contributed by atoms with Crippen molar-refractivity contribution in [1.82, 2.24) is 15.1 Å². The molecule has 23 heavy (non-hydrogen) atoms. The van der Waals surface area contributed by atoms with Crippen molar-refractivity contribution in [1.29, 1.82) is 0 Å². The lowest BCUT2D eigenvalue weighted by molar-refractivity contribution is -0.142. The summed E-state index contributed by atoms with van der Waals surface area (Å²) in [5.74, 6) is -0.618. The lowest BCUT2D eigenvalue weighted by Gasteiger charge is -2.17. The Labute approximate surface area is 130 Å². The zero-order valence-electron chi connectivity index (χ0n) is 12.3. The smallest absolute Gasteiger partial charge is 0.435 e. The number of nitrogens with one attached hydrogen (secondary N) is 1. The van der Waals surface area contributed by atoms with Crippen LogP contribution in [0, 0.1) is 0 Å². The van der Waals surface area contributed by atoms with Crippen LogP contribution in [0.5, 0.6) is 0 Å². The Hall–Kier alpha value is -2.35. The highest BCUT2D eigenvalue weighted by atomic mass is 19.4. The molecule has 1 aromatic carbocycles. The number of carbonyl (C=O) groups excluding carboxylic acids is 1. The number of ether oxygens (including phenoxy) is 1. The van der Waals surface area contributed by atoms with Crippen molar-refractivity contribution in [3.63, 3.8) is 0 Å². The Bertz CT molecular complexity index is 753. The van der Waals surface area contributed by atoms with Gasteiger partial charge < -0.3 is 10.1 Å². The van der Waals surface area contributed by atoms with Gasteiger partial charge in [-0.3, -0.25) is 0 Å². The summed E-state index contributed by atoms with van der Waals surface area (Å²) in [5, 5.41) is 6.68. The van der Waals surface area contributed by atoms with Crippen LogP contribution in [0.15, 0.2) is 24.3 Å². The van der Waals surface area contributed by atoms with E-state index in [4.69, 9.17) is 4.74 Å². The van der Waals surface area contributed by atoms with E-state index in [2.05, 4.69) is 10.4 Å². The number of aromatic nitrogens is 2. The molecule has 0 radical (unpaired) electrons. The van der Waals surface area contributed by atoms with Gasteiger partial charge in [0.15, 0.2) is 5.69 Å². The van der Waals surface area contributed by atoms with Crippen LogP contribution in [0.2, 0.25) is 0 Å². The van der Waals surface area contributed by atoms with Crippen LogP contribution in [-0.2, 0) is 23.9 Å². The van der Waals surface area contributed by atoms with Gasteiger partial charge in [-0.1, -0.05) is 12.1 Å². The third-order valence-corrected chi connectivity index (χ3v) is 3.74. The second kappa shape index (κ2) is 5.69. The summed E-state index contributed by atoms with van der Waals surface area (Å²) in [4.78, 5) is 11.9. The van der Waals surface area contributed by atoms with E-state index in [0.717, 1.165) is 0 Å². The van der Waals surface area contributed by atoms with Crippen LogP contribution in [0.4, 0.5) is 13.2 Å². The normalized spacial score (nSPS) is 14.4. The van der Waals surface area contributed by atoms with E-state index in [-0.39, 0.29) is 23.4 Å². The molecule has 0 spiro atoms. The molecular weight excluding hydrogens is 311 g/mol. The maximum Gasteiger partial charge on any atom is 0.435 e. The molecule has 0 amide bonds. The molecule has 2 heterocycles. The van der Waals surface area contributed by atoms with E-state index in [0.29, 0.717) is 18.7 Å². The third-order valence-electron chi connectivity index (χ3n) is 3.74. The van der Waals surface area contributed by atoms with Gasteiger partial charge in [0, 0.05) is 25.1 Å². The number of hydrogen-bond donors (Lipinski definition) is 1. The Kier molecular flexibility index (Phi) is 3.85. The number of carbonyl (C=O) groups is 1. The summed E-state index contributed by atoms with van der Waals surface area (Å²) in [7, 11) is 1.22. The number of benzene rings is 1. The average molecular weight is 325 g/mol. The second-order valence-electron chi connectivity index (χ2n) is 5.12. The standard InChI is InChI=1S/C15H14F3N3O2/c1-23-14(22)9-4-2-3-5-11(9)21-12-6-7-19-8-10(12)13(20-21)15(16,17)18/h2-5,19H,6-8H2,1H3. The molecule has 3 rings (SSSR count). The van der Waals surface area contributed by atoms with E-state index in [9.17, 15) is 18.0 Å². The van der Waals surface area contributed by atoms with Gasteiger partial charge in [0.2, 0.25) is 0 Å². The zero-order chi connectivity index (χ0) is 16.6. The first-order valence-corrected chi connectivity index (χ1v) is 7.00. The summed E-state index contributed by atoms with van der Waals surface area (Å²) in [6.07, 6.45) is -4.15. The van der Waals surface area contributed by atoms with E-state index in [1.54, 1.807) is 18.2 Å². The van der Waals surface area contributed by atoms with E-state index < -0.39 is 17.8 Å². The van der Waals surface area contributed by atoms with Gasteiger partial charge in [-0.2, -0.15) is 18.3 Å². The Balaban J connectivity index is 2.22. The zero-order valence-corrected chi connectivity index (χ0v) is 12.3. The van der Waals surface area contributed by atoms with Gasteiger partial charge in [-0.25, -0.2) is 9.48 Å². The lowest BCUT2D eigenvalue weighted by atomic mass is 10.1. The van der Waals surface area contributed by atoms with Crippen LogP contribution in [0.1, 0.15) is 27.3 Å². The third kappa shape index (κ3) is 2.70. The van der Waals surface area contributed by atoms with E-state index in [1.165, 1.54) is 17.9 Å². The Morgan fingerprint density at radius 1 is 1.35 bits per heavy atom. The largest absolute Gasteiger partial charge is 0.465 e. The van der Waals surface area contributed by atoms with Crippen molar-refractivity contribution in [3.8, 4) is 5.69 Å². The fraction of sp³-hybridized carbons (Fsp3) is 0.333. The minimum absolute atomic E-state index is 0.102. The molecule has 0 fully saturated rings. The van der Waals surface area contributed by atoms with E-state index >= 15 is 0 Å². The molecule has 1 aliphatic heterocycles. The molecular formula is C15H14F3N3O2. The van der Waals surface area contributed by atoms with Gasteiger partial charge in [0.1, 0.15) is 0 Å². The summed E-state index contributed by atoms with van der Waals surface area (Å²) in [6, 6.07) is 6.33. The van der Waals surface area contributed by atoms with E-state index in [1.807, 2.05) is 0 Å².